The maximum atomic E-state index is 10.7. The van der Waals surface area contributed by atoms with Crippen LogP contribution < -0.4 is 9.47 Å². The molecular formula is C28H33BrO5. The third-order valence-electron chi connectivity index (χ3n) is 5.67. The van der Waals surface area contributed by atoms with Crippen molar-refractivity contribution in [1.82, 2.24) is 0 Å². The standard InChI is InChI=1S/C28H33BrO5/c1-20(14-25(31)27(17-30)34-19-22-11-7-4-8-12-22)13-23-15-24(29)16-26(28(23)32-2)33-18-21-9-5-3-6-10-21/h3-12,15-16,20,25,27,30-31H,13-14,17-19H2,1-2H3/t20-,25+,27-/m1/s1. The first kappa shape index (κ1) is 26.2. The Labute approximate surface area is 210 Å². The Bertz CT molecular complexity index is 996. The van der Waals surface area contributed by atoms with E-state index in [-0.39, 0.29) is 12.5 Å². The van der Waals surface area contributed by atoms with E-state index in [0.29, 0.717) is 37.6 Å². The fourth-order valence-electron chi connectivity index (χ4n) is 3.93. The van der Waals surface area contributed by atoms with E-state index in [4.69, 9.17) is 14.2 Å². The zero-order valence-electron chi connectivity index (χ0n) is 19.7. The van der Waals surface area contributed by atoms with Gasteiger partial charge in [-0.1, -0.05) is 83.5 Å². The van der Waals surface area contributed by atoms with Crippen molar-refractivity contribution in [2.45, 2.75) is 45.2 Å². The molecule has 3 aromatic carbocycles. The quantitative estimate of drug-likeness (QED) is 0.304. The van der Waals surface area contributed by atoms with Gasteiger partial charge in [-0.25, -0.2) is 0 Å². The first-order valence-electron chi connectivity index (χ1n) is 11.5. The second-order valence-corrected chi connectivity index (χ2v) is 9.42. The zero-order chi connectivity index (χ0) is 24.3. The third-order valence-corrected chi connectivity index (χ3v) is 6.12. The van der Waals surface area contributed by atoms with Gasteiger partial charge in [0.2, 0.25) is 0 Å². The van der Waals surface area contributed by atoms with Crippen LogP contribution in [0.15, 0.2) is 77.3 Å². The molecule has 0 aliphatic heterocycles. The van der Waals surface area contributed by atoms with Gasteiger partial charge in [0, 0.05) is 4.47 Å². The molecule has 34 heavy (non-hydrogen) atoms. The molecule has 3 aromatic rings. The first-order valence-corrected chi connectivity index (χ1v) is 12.3. The molecule has 0 aliphatic rings. The summed E-state index contributed by atoms with van der Waals surface area (Å²) in [5.41, 5.74) is 3.07. The van der Waals surface area contributed by atoms with Gasteiger partial charge >= 0.3 is 0 Å². The van der Waals surface area contributed by atoms with Crippen molar-refractivity contribution in [3.05, 3.63) is 94.0 Å². The smallest absolute Gasteiger partial charge is 0.164 e. The minimum Gasteiger partial charge on any atom is -0.493 e. The fourth-order valence-corrected chi connectivity index (χ4v) is 4.42. The lowest BCUT2D eigenvalue weighted by Crippen LogP contribution is -2.34. The topological polar surface area (TPSA) is 68.2 Å². The van der Waals surface area contributed by atoms with Crippen molar-refractivity contribution >= 4 is 15.9 Å². The third kappa shape index (κ3) is 7.84. The monoisotopic (exact) mass is 528 g/mol. The highest BCUT2D eigenvalue weighted by Crippen LogP contribution is 2.37. The highest BCUT2D eigenvalue weighted by atomic mass is 79.9. The molecule has 3 rings (SSSR count). The van der Waals surface area contributed by atoms with Crippen molar-refractivity contribution < 1.29 is 24.4 Å². The average molecular weight is 529 g/mol. The summed E-state index contributed by atoms with van der Waals surface area (Å²) < 4.78 is 18.5. The molecule has 0 bridgehead atoms. The summed E-state index contributed by atoms with van der Waals surface area (Å²) in [5.74, 6) is 1.48. The van der Waals surface area contributed by atoms with Crippen LogP contribution in [0, 0.1) is 5.92 Å². The van der Waals surface area contributed by atoms with Crippen molar-refractivity contribution in [2.24, 2.45) is 5.92 Å². The van der Waals surface area contributed by atoms with E-state index in [1.54, 1.807) is 7.11 Å². The number of aliphatic hydroxyl groups is 2. The molecule has 0 aromatic heterocycles. The van der Waals surface area contributed by atoms with Crippen LogP contribution in [0.3, 0.4) is 0 Å². The number of benzene rings is 3. The van der Waals surface area contributed by atoms with Gasteiger partial charge in [-0.3, -0.25) is 0 Å². The van der Waals surface area contributed by atoms with Crippen LogP contribution in [-0.2, 0) is 24.4 Å². The summed E-state index contributed by atoms with van der Waals surface area (Å²) >= 11 is 3.58. The predicted molar refractivity (Wildman–Crippen MR) is 137 cm³/mol. The van der Waals surface area contributed by atoms with Crippen LogP contribution >= 0.6 is 15.9 Å². The molecular weight excluding hydrogens is 496 g/mol. The number of hydrogen-bond acceptors (Lipinski definition) is 5. The van der Waals surface area contributed by atoms with Crippen molar-refractivity contribution in [3.63, 3.8) is 0 Å². The van der Waals surface area contributed by atoms with Gasteiger partial charge in [-0.2, -0.15) is 0 Å². The molecule has 182 valence electrons. The molecule has 0 saturated heterocycles. The number of ether oxygens (including phenoxy) is 3. The van der Waals surface area contributed by atoms with Crippen molar-refractivity contribution in [1.29, 1.82) is 0 Å². The molecule has 5 nitrogen and oxygen atoms in total. The van der Waals surface area contributed by atoms with Gasteiger partial charge in [0.1, 0.15) is 12.7 Å². The summed E-state index contributed by atoms with van der Waals surface area (Å²) in [6.45, 7) is 2.62. The molecule has 2 N–H and O–H groups in total. The second-order valence-electron chi connectivity index (χ2n) is 8.50. The summed E-state index contributed by atoms with van der Waals surface area (Å²) in [5, 5.41) is 20.5. The van der Waals surface area contributed by atoms with E-state index in [9.17, 15) is 10.2 Å². The van der Waals surface area contributed by atoms with E-state index >= 15 is 0 Å². The summed E-state index contributed by atoms with van der Waals surface area (Å²) in [4.78, 5) is 0. The van der Waals surface area contributed by atoms with E-state index < -0.39 is 12.2 Å². The Hall–Kier alpha value is -2.38. The Kier molecular flexibility index (Phi) is 10.4. The molecule has 0 radical (unpaired) electrons. The van der Waals surface area contributed by atoms with Crippen molar-refractivity contribution in [3.8, 4) is 11.5 Å². The Morgan fingerprint density at radius 3 is 2.12 bits per heavy atom. The molecule has 0 heterocycles. The lowest BCUT2D eigenvalue weighted by Gasteiger charge is -2.25. The molecule has 0 spiro atoms. The number of rotatable bonds is 13. The number of hydrogen-bond donors (Lipinski definition) is 2. The Morgan fingerprint density at radius 1 is 0.912 bits per heavy atom. The molecule has 0 fully saturated rings. The van der Waals surface area contributed by atoms with Crippen LogP contribution in [-0.4, -0.2) is 36.1 Å². The number of aliphatic hydroxyl groups excluding tert-OH is 2. The molecule has 3 atom stereocenters. The zero-order valence-corrected chi connectivity index (χ0v) is 21.3. The van der Waals surface area contributed by atoms with E-state index in [1.807, 2.05) is 72.8 Å². The van der Waals surface area contributed by atoms with Gasteiger partial charge in [-0.05, 0) is 47.6 Å². The van der Waals surface area contributed by atoms with Gasteiger partial charge in [0.15, 0.2) is 11.5 Å². The predicted octanol–water partition coefficient (Wildman–Crippen LogP) is 5.54. The number of halogens is 1. The van der Waals surface area contributed by atoms with Crippen LogP contribution in [0.5, 0.6) is 11.5 Å². The molecule has 0 saturated carbocycles. The highest BCUT2D eigenvalue weighted by Gasteiger charge is 2.23. The van der Waals surface area contributed by atoms with E-state index in [0.717, 1.165) is 21.2 Å². The van der Waals surface area contributed by atoms with E-state index in [2.05, 4.69) is 22.9 Å². The SMILES string of the molecule is COc1c(C[C@@H](C)C[C@H](O)[C@@H](CO)OCc2ccccc2)cc(Br)cc1OCc1ccccc1. The maximum absolute atomic E-state index is 10.7. The molecule has 6 heteroatoms. The molecule has 0 aliphatic carbocycles. The summed E-state index contributed by atoms with van der Waals surface area (Å²) in [6.07, 6.45) is -0.263. The largest absolute Gasteiger partial charge is 0.493 e. The lowest BCUT2D eigenvalue weighted by atomic mass is 9.93. The maximum Gasteiger partial charge on any atom is 0.164 e. The minimum atomic E-state index is -0.782. The Balaban J connectivity index is 1.62. The fraction of sp³-hybridized carbons (Fsp3) is 0.357. The molecule has 0 unspecified atom stereocenters. The minimum absolute atomic E-state index is 0.120. The molecule has 0 amide bonds. The van der Waals surface area contributed by atoms with Gasteiger partial charge < -0.3 is 24.4 Å². The summed E-state index contributed by atoms with van der Waals surface area (Å²) in [7, 11) is 1.64. The average Bonchev–Trinajstić information content (AvgIpc) is 2.84. The van der Waals surface area contributed by atoms with Gasteiger partial charge in [-0.15, -0.1) is 0 Å². The van der Waals surface area contributed by atoms with E-state index in [1.165, 1.54) is 0 Å². The first-order chi connectivity index (χ1) is 16.5. The lowest BCUT2D eigenvalue weighted by molar-refractivity contribution is -0.0769. The van der Waals surface area contributed by atoms with Gasteiger partial charge in [0.05, 0.1) is 26.4 Å². The van der Waals surface area contributed by atoms with Crippen LogP contribution in [0.1, 0.15) is 30.0 Å². The van der Waals surface area contributed by atoms with Crippen LogP contribution in [0.4, 0.5) is 0 Å². The Morgan fingerprint density at radius 2 is 1.53 bits per heavy atom. The second kappa shape index (κ2) is 13.5. The summed E-state index contributed by atoms with van der Waals surface area (Å²) in [6, 6.07) is 23.7. The van der Waals surface area contributed by atoms with Crippen molar-refractivity contribution in [2.75, 3.05) is 13.7 Å². The number of methoxy groups -OCH3 is 1. The van der Waals surface area contributed by atoms with Gasteiger partial charge in [0.25, 0.3) is 0 Å². The normalized spacial score (nSPS) is 13.8. The van der Waals surface area contributed by atoms with Crippen LogP contribution in [0.2, 0.25) is 0 Å². The highest BCUT2D eigenvalue weighted by molar-refractivity contribution is 9.10. The van der Waals surface area contributed by atoms with Crippen LogP contribution in [0.25, 0.3) is 0 Å².